The Morgan fingerprint density at radius 3 is 2.57 bits per heavy atom. The smallest absolute Gasteiger partial charge is 0.280 e. The van der Waals surface area contributed by atoms with Crippen LogP contribution in [0.3, 0.4) is 0 Å². The molecular formula is C24H26F4N4O3. The van der Waals surface area contributed by atoms with Gasteiger partial charge in [0.05, 0.1) is 23.2 Å². The maximum atomic E-state index is 13.1. The number of carbonyl (C=O) groups is 1. The van der Waals surface area contributed by atoms with Crippen LogP contribution in [0.2, 0.25) is 0 Å². The Morgan fingerprint density at radius 2 is 1.91 bits per heavy atom. The molecule has 3 heterocycles. The molecule has 35 heavy (non-hydrogen) atoms. The second-order valence-electron chi connectivity index (χ2n) is 8.33. The van der Waals surface area contributed by atoms with E-state index < -0.39 is 19.3 Å². The van der Waals surface area contributed by atoms with Crippen LogP contribution in [0.4, 0.5) is 23.4 Å². The average molecular weight is 494 g/mol. The zero-order valence-corrected chi connectivity index (χ0v) is 18.9. The van der Waals surface area contributed by atoms with E-state index in [1.807, 2.05) is 10.9 Å². The first-order valence-electron chi connectivity index (χ1n) is 11.4. The fourth-order valence-corrected chi connectivity index (χ4v) is 3.98. The molecule has 0 spiro atoms. The number of hydrogen-bond acceptors (Lipinski definition) is 5. The minimum absolute atomic E-state index is 0.0665. The monoisotopic (exact) mass is 494 g/mol. The van der Waals surface area contributed by atoms with Gasteiger partial charge in [0.2, 0.25) is 6.93 Å². The van der Waals surface area contributed by atoms with Crippen LogP contribution in [-0.4, -0.2) is 46.9 Å². The van der Waals surface area contributed by atoms with Gasteiger partial charge < -0.3 is 14.8 Å². The van der Waals surface area contributed by atoms with Crippen LogP contribution >= 0.6 is 0 Å². The largest absolute Gasteiger partial charge is 0.490 e. The summed E-state index contributed by atoms with van der Waals surface area (Å²) in [5.41, 5.74) is 0.697. The molecule has 3 aromatic rings. The number of hydrogen-bond donors (Lipinski definition) is 1. The zero-order valence-electron chi connectivity index (χ0n) is 18.9. The molecule has 1 saturated carbocycles. The van der Waals surface area contributed by atoms with E-state index in [-0.39, 0.29) is 23.7 Å². The summed E-state index contributed by atoms with van der Waals surface area (Å²) in [5.74, 6) is 0.0567. The summed E-state index contributed by atoms with van der Waals surface area (Å²) >= 11 is 0. The molecule has 0 radical (unpaired) electrons. The number of alkyl halides is 4. The first kappa shape index (κ1) is 24.9. The summed E-state index contributed by atoms with van der Waals surface area (Å²) in [6.07, 6.45) is 4.04. The van der Waals surface area contributed by atoms with Gasteiger partial charge in [0.25, 0.3) is 12.3 Å². The lowest BCUT2D eigenvalue weighted by Gasteiger charge is -2.27. The van der Waals surface area contributed by atoms with E-state index in [0.717, 1.165) is 43.0 Å². The van der Waals surface area contributed by atoms with Gasteiger partial charge in [-0.1, -0.05) is 6.07 Å². The molecule has 1 N–H and O–H groups in total. The summed E-state index contributed by atoms with van der Waals surface area (Å²) in [6.45, 7) is -0.343. The third-order valence-corrected chi connectivity index (χ3v) is 6.01. The Hall–Kier alpha value is -3.21. The van der Waals surface area contributed by atoms with Crippen LogP contribution < -0.4 is 10.1 Å². The van der Waals surface area contributed by atoms with E-state index in [4.69, 9.17) is 14.6 Å². The molecule has 1 amide bonds. The van der Waals surface area contributed by atoms with E-state index in [9.17, 15) is 22.4 Å². The van der Waals surface area contributed by atoms with Crippen LogP contribution in [0.15, 0.2) is 36.5 Å². The van der Waals surface area contributed by atoms with Crippen molar-refractivity contribution in [3.05, 3.63) is 47.8 Å². The number of pyridine rings is 1. The number of fused-ring (bicyclic) bond motifs is 1. The van der Waals surface area contributed by atoms with Gasteiger partial charge in [-0.3, -0.25) is 9.48 Å². The Labute approximate surface area is 199 Å². The molecule has 11 heteroatoms. The van der Waals surface area contributed by atoms with Crippen molar-refractivity contribution < 1.29 is 31.8 Å². The first-order valence-corrected chi connectivity index (χ1v) is 11.4. The van der Waals surface area contributed by atoms with Crippen LogP contribution in [-0.2, 0) is 4.74 Å². The zero-order chi connectivity index (χ0) is 24.8. The van der Waals surface area contributed by atoms with Crippen LogP contribution in [0.25, 0.3) is 10.9 Å². The van der Waals surface area contributed by atoms with Gasteiger partial charge in [-0.15, -0.1) is 0 Å². The van der Waals surface area contributed by atoms with Crippen LogP contribution in [0.1, 0.15) is 60.6 Å². The second kappa shape index (κ2) is 11.5. The van der Waals surface area contributed by atoms with Crippen molar-refractivity contribution in [2.45, 2.75) is 50.7 Å². The number of aromatic nitrogens is 3. The van der Waals surface area contributed by atoms with Crippen molar-refractivity contribution in [1.29, 1.82) is 0 Å². The fraction of sp³-hybridized carbons (Fsp3) is 0.458. The van der Waals surface area contributed by atoms with Gasteiger partial charge in [-0.25, -0.2) is 22.5 Å². The molecule has 0 atom stereocenters. The SMILES string of the molecule is FCF.O=C(Nc1cccc(C(F)F)n1)c1cc2cn(C3CCOCC3)nc2cc1OC1CCC1. The lowest BCUT2D eigenvalue weighted by atomic mass is 9.96. The van der Waals surface area contributed by atoms with Gasteiger partial charge in [0.1, 0.15) is 17.3 Å². The number of benzene rings is 1. The maximum absolute atomic E-state index is 13.1. The van der Waals surface area contributed by atoms with Crippen molar-refractivity contribution in [2.75, 3.05) is 25.5 Å². The average Bonchev–Trinajstić information content (AvgIpc) is 3.25. The topological polar surface area (TPSA) is 78.3 Å². The Bertz CT molecular complexity index is 1150. The molecule has 7 nitrogen and oxygen atoms in total. The molecule has 5 rings (SSSR count). The number of amides is 1. The second-order valence-corrected chi connectivity index (χ2v) is 8.33. The van der Waals surface area contributed by atoms with Gasteiger partial charge in [-0.2, -0.15) is 5.10 Å². The molecule has 0 bridgehead atoms. The molecular weight excluding hydrogens is 468 g/mol. The minimum Gasteiger partial charge on any atom is -0.490 e. The van der Waals surface area contributed by atoms with E-state index in [0.29, 0.717) is 24.5 Å². The molecule has 2 aromatic heterocycles. The Morgan fingerprint density at radius 1 is 1.17 bits per heavy atom. The number of anilines is 1. The number of nitrogens with zero attached hydrogens (tertiary/aromatic N) is 3. The molecule has 188 valence electrons. The highest BCUT2D eigenvalue weighted by atomic mass is 19.3. The van der Waals surface area contributed by atoms with Crippen molar-refractivity contribution in [3.8, 4) is 5.75 Å². The summed E-state index contributed by atoms with van der Waals surface area (Å²) in [5, 5.41) is 8.16. The highest BCUT2D eigenvalue weighted by molar-refractivity contribution is 6.08. The number of nitrogens with one attached hydrogen (secondary N) is 1. The molecule has 1 aliphatic heterocycles. The number of ether oxygens (including phenoxy) is 2. The van der Waals surface area contributed by atoms with E-state index in [1.165, 1.54) is 18.2 Å². The highest BCUT2D eigenvalue weighted by Crippen LogP contribution is 2.32. The lowest BCUT2D eigenvalue weighted by molar-refractivity contribution is 0.0664. The van der Waals surface area contributed by atoms with Crippen molar-refractivity contribution >= 4 is 22.6 Å². The van der Waals surface area contributed by atoms with E-state index in [2.05, 4.69) is 10.3 Å². The summed E-state index contributed by atoms with van der Waals surface area (Å²) in [7, 11) is 0. The Kier molecular flexibility index (Phi) is 8.17. The normalized spacial score (nSPS) is 16.5. The van der Waals surface area contributed by atoms with Crippen molar-refractivity contribution in [3.63, 3.8) is 0 Å². The molecule has 1 aromatic carbocycles. The first-order chi connectivity index (χ1) is 17.0. The van der Waals surface area contributed by atoms with Crippen molar-refractivity contribution in [1.82, 2.24) is 14.8 Å². The van der Waals surface area contributed by atoms with Crippen LogP contribution in [0, 0.1) is 0 Å². The maximum Gasteiger partial charge on any atom is 0.280 e. The summed E-state index contributed by atoms with van der Waals surface area (Å²) < 4.78 is 58.7. The number of rotatable bonds is 6. The lowest BCUT2D eigenvalue weighted by Crippen LogP contribution is -2.26. The predicted octanol–water partition coefficient (Wildman–Crippen LogP) is 5.79. The molecule has 0 unspecified atom stereocenters. The summed E-state index contributed by atoms with van der Waals surface area (Å²) in [6, 6.07) is 7.95. The quantitative estimate of drug-likeness (QED) is 0.439. The predicted molar refractivity (Wildman–Crippen MR) is 121 cm³/mol. The van der Waals surface area contributed by atoms with Crippen LogP contribution in [0.5, 0.6) is 5.75 Å². The third kappa shape index (κ3) is 6.08. The van der Waals surface area contributed by atoms with Gasteiger partial charge >= 0.3 is 0 Å². The number of halogens is 4. The van der Waals surface area contributed by atoms with E-state index >= 15 is 0 Å². The van der Waals surface area contributed by atoms with Crippen molar-refractivity contribution in [2.24, 2.45) is 0 Å². The fourth-order valence-electron chi connectivity index (χ4n) is 3.98. The third-order valence-electron chi connectivity index (χ3n) is 6.01. The van der Waals surface area contributed by atoms with Gasteiger partial charge in [0.15, 0.2) is 0 Å². The minimum atomic E-state index is -2.71. The van der Waals surface area contributed by atoms with Gasteiger partial charge in [-0.05, 0) is 50.3 Å². The van der Waals surface area contributed by atoms with E-state index in [1.54, 1.807) is 12.1 Å². The number of carbonyl (C=O) groups excluding carboxylic acids is 1. The standard InChI is InChI=1S/C23H24F2N4O3.CH2F2/c24-22(25)18-5-2-6-21(26-18)27-23(30)17-11-14-13-29(15-7-9-31-10-8-15)28-19(14)12-20(17)32-16-3-1-4-16;2-1-3/h2,5-6,11-13,15-16,22H,1,3-4,7-10H2,(H,26,27,30);1H2. The Balaban J connectivity index is 0.000000917. The summed E-state index contributed by atoms with van der Waals surface area (Å²) in [4.78, 5) is 16.9. The van der Waals surface area contributed by atoms with Gasteiger partial charge in [0, 0.05) is 30.9 Å². The molecule has 1 saturated heterocycles. The molecule has 2 fully saturated rings. The molecule has 1 aliphatic carbocycles. The highest BCUT2D eigenvalue weighted by Gasteiger charge is 2.25. The molecule has 2 aliphatic rings.